The van der Waals surface area contributed by atoms with Crippen LogP contribution in [0.5, 0.6) is 11.6 Å². The summed E-state index contributed by atoms with van der Waals surface area (Å²) in [7, 11) is 1.79. The SMILES string of the molecule is Cn1cc(Oc2cc(/C(N)=N/O)c3ccccc3n2)cn1. The van der Waals surface area contributed by atoms with Gasteiger partial charge in [-0.25, -0.2) is 4.98 Å². The number of para-hydroxylation sites is 1. The van der Waals surface area contributed by atoms with E-state index in [-0.39, 0.29) is 5.84 Å². The van der Waals surface area contributed by atoms with Gasteiger partial charge in [0.1, 0.15) is 0 Å². The van der Waals surface area contributed by atoms with Crippen molar-refractivity contribution in [1.82, 2.24) is 14.8 Å². The van der Waals surface area contributed by atoms with Gasteiger partial charge in [0.15, 0.2) is 11.6 Å². The van der Waals surface area contributed by atoms with Crippen molar-refractivity contribution in [2.75, 3.05) is 0 Å². The molecular weight excluding hydrogens is 270 g/mol. The molecule has 0 fully saturated rings. The van der Waals surface area contributed by atoms with Crippen LogP contribution in [0.4, 0.5) is 0 Å². The first-order valence-electron chi connectivity index (χ1n) is 6.21. The zero-order valence-corrected chi connectivity index (χ0v) is 11.3. The van der Waals surface area contributed by atoms with E-state index in [0.29, 0.717) is 22.7 Å². The van der Waals surface area contributed by atoms with Crippen molar-refractivity contribution >= 4 is 16.7 Å². The van der Waals surface area contributed by atoms with Gasteiger partial charge in [0.05, 0.1) is 17.9 Å². The van der Waals surface area contributed by atoms with Gasteiger partial charge in [0, 0.05) is 24.1 Å². The third kappa shape index (κ3) is 2.48. The Bertz CT molecular complexity index is 825. The minimum absolute atomic E-state index is 0.00429. The summed E-state index contributed by atoms with van der Waals surface area (Å²) in [4.78, 5) is 4.41. The van der Waals surface area contributed by atoms with Gasteiger partial charge >= 0.3 is 0 Å². The van der Waals surface area contributed by atoms with E-state index < -0.39 is 0 Å². The van der Waals surface area contributed by atoms with E-state index in [9.17, 15) is 0 Å². The number of aromatic nitrogens is 3. The zero-order chi connectivity index (χ0) is 14.8. The molecule has 0 saturated carbocycles. The van der Waals surface area contributed by atoms with Crippen molar-refractivity contribution < 1.29 is 9.94 Å². The van der Waals surface area contributed by atoms with Gasteiger partial charge in [-0.3, -0.25) is 4.68 Å². The fourth-order valence-electron chi connectivity index (χ4n) is 2.04. The lowest BCUT2D eigenvalue weighted by atomic mass is 10.1. The Morgan fingerprint density at radius 2 is 2.19 bits per heavy atom. The van der Waals surface area contributed by atoms with Gasteiger partial charge in [0.2, 0.25) is 5.88 Å². The molecule has 3 aromatic rings. The molecule has 2 aromatic heterocycles. The fourth-order valence-corrected chi connectivity index (χ4v) is 2.04. The van der Waals surface area contributed by atoms with Crippen LogP contribution in [0.15, 0.2) is 47.9 Å². The summed E-state index contributed by atoms with van der Waals surface area (Å²) in [6.45, 7) is 0. The maximum absolute atomic E-state index is 8.92. The molecule has 3 rings (SSSR count). The van der Waals surface area contributed by atoms with Gasteiger partial charge in [-0.15, -0.1) is 0 Å². The van der Waals surface area contributed by atoms with Crippen LogP contribution >= 0.6 is 0 Å². The summed E-state index contributed by atoms with van der Waals surface area (Å²) in [5, 5.41) is 16.8. The van der Waals surface area contributed by atoms with Crippen LogP contribution in [0.25, 0.3) is 10.9 Å². The topological polar surface area (TPSA) is 98.5 Å². The number of rotatable bonds is 3. The summed E-state index contributed by atoms with van der Waals surface area (Å²) in [6, 6.07) is 9.03. The number of oxime groups is 1. The van der Waals surface area contributed by atoms with Crippen LogP contribution in [0.2, 0.25) is 0 Å². The molecule has 0 amide bonds. The van der Waals surface area contributed by atoms with Gasteiger partial charge in [0.25, 0.3) is 0 Å². The lowest BCUT2D eigenvalue weighted by Crippen LogP contribution is -2.14. The van der Waals surface area contributed by atoms with Gasteiger partial charge in [-0.1, -0.05) is 23.4 Å². The van der Waals surface area contributed by atoms with Crippen LogP contribution in [-0.4, -0.2) is 25.8 Å². The second-order valence-corrected chi connectivity index (χ2v) is 4.46. The molecule has 0 spiro atoms. The van der Waals surface area contributed by atoms with E-state index in [0.717, 1.165) is 5.39 Å². The number of hydrogen-bond donors (Lipinski definition) is 2. The maximum atomic E-state index is 8.92. The minimum Gasteiger partial charge on any atom is -0.436 e. The monoisotopic (exact) mass is 283 g/mol. The second-order valence-electron chi connectivity index (χ2n) is 4.46. The van der Waals surface area contributed by atoms with Crippen molar-refractivity contribution in [1.29, 1.82) is 0 Å². The quantitative estimate of drug-likeness (QED) is 0.331. The molecule has 0 bridgehead atoms. The highest BCUT2D eigenvalue weighted by Gasteiger charge is 2.11. The third-order valence-electron chi connectivity index (χ3n) is 2.98. The van der Waals surface area contributed by atoms with E-state index in [1.54, 1.807) is 30.2 Å². The lowest BCUT2D eigenvalue weighted by Gasteiger charge is -2.08. The molecule has 0 saturated heterocycles. The highest BCUT2D eigenvalue weighted by atomic mass is 16.5. The first-order chi connectivity index (χ1) is 10.2. The Kier molecular flexibility index (Phi) is 3.15. The van der Waals surface area contributed by atoms with Crippen molar-refractivity contribution in [2.45, 2.75) is 0 Å². The summed E-state index contributed by atoms with van der Waals surface area (Å²) in [5.41, 5.74) is 6.98. The standard InChI is InChI=1S/C14H13N5O2/c1-19-8-9(7-16-19)21-13-6-11(14(15)18-20)10-4-2-3-5-12(10)17-13/h2-8,20H,1H3,(H2,15,18). The molecule has 106 valence electrons. The van der Waals surface area contributed by atoms with Crippen LogP contribution in [0, 0.1) is 0 Å². The molecule has 0 aliphatic carbocycles. The number of amidine groups is 1. The largest absolute Gasteiger partial charge is 0.436 e. The van der Waals surface area contributed by atoms with Crippen molar-refractivity contribution in [3.8, 4) is 11.6 Å². The molecule has 0 unspecified atom stereocenters. The average Bonchev–Trinajstić information content (AvgIpc) is 2.90. The third-order valence-corrected chi connectivity index (χ3v) is 2.98. The number of benzene rings is 1. The zero-order valence-electron chi connectivity index (χ0n) is 11.3. The minimum atomic E-state index is 0.00429. The molecule has 21 heavy (non-hydrogen) atoms. The van der Waals surface area contributed by atoms with Crippen molar-refractivity contribution in [2.24, 2.45) is 17.9 Å². The predicted octanol–water partition coefficient (Wildman–Crippen LogP) is 1.86. The molecule has 2 heterocycles. The average molecular weight is 283 g/mol. The predicted molar refractivity (Wildman–Crippen MR) is 77.5 cm³/mol. The first kappa shape index (κ1) is 12.9. The summed E-state index contributed by atoms with van der Waals surface area (Å²) in [5.74, 6) is 0.915. The molecule has 0 aliphatic heterocycles. The number of nitrogens with two attached hydrogens (primary N) is 1. The summed E-state index contributed by atoms with van der Waals surface area (Å²) >= 11 is 0. The second kappa shape index (κ2) is 5.12. The van der Waals surface area contributed by atoms with Crippen LogP contribution in [-0.2, 0) is 7.05 Å². The smallest absolute Gasteiger partial charge is 0.220 e. The van der Waals surface area contributed by atoms with Gasteiger partial charge < -0.3 is 15.7 Å². The maximum Gasteiger partial charge on any atom is 0.220 e. The molecule has 7 heteroatoms. The highest BCUT2D eigenvalue weighted by molar-refractivity contribution is 6.08. The highest BCUT2D eigenvalue weighted by Crippen LogP contribution is 2.25. The summed E-state index contributed by atoms with van der Waals surface area (Å²) in [6.07, 6.45) is 3.31. The van der Waals surface area contributed by atoms with E-state index >= 15 is 0 Å². The number of ether oxygens (including phenoxy) is 1. The number of hydrogen-bond acceptors (Lipinski definition) is 5. The van der Waals surface area contributed by atoms with E-state index in [1.165, 1.54) is 0 Å². The normalized spacial score (nSPS) is 11.8. The van der Waals surface area contributed by atoms with Crippen LogP contribution in [0.3, 0.4) is 0 Å². The number of fused-ring (bicyclic) bond motifs is 1. The number of aryl methyl sites for hydroxylation is 1. The van der Waals surface area contributed by atoms with Crippen molar-refractivity contribution in [3.63, 3.8) is 0 Å². The van der Waals surface area contributed by atoms with Gasteiger partial charge in [-0.2, -0.15) is 5.10 Å². The lowest BCUT2D eigenvalue weighted by molar-refractivity contribution is 0.318. The molecule has 0 atom stereocenters. The van der Waals surface area contributed by atoms with Crippen LogP contribution < -0.4 is 10.5 Å². The van der Waals surface area contributed by atoms with E-state index in [4.69, 9.17) is 15.7 Å². The number of nitrogens with zero attached hydrogens (tertiary/aromatic N) is 4. The number of pyridine rings is 1. The Labute approximate surface area is 120 Å². The van der Waals surface area contributed by atoms with E-state index in [1.807, 2.05) is 24.3 Å². The molecule has 3 N–H and O–H groups in total. The Morgan fingerprint density at radius 1 is 1.38 bits per heavy atom. The van der Waals surface area contributed by atoms with Gasteiger partial charge in [-0.05, 0) is 6.07 Å². The molecular formula is C14H13N5O2. The Balaban J connectivity index is 2.11. The van der Waals surface area contributed by atoms with Crippen molar-refractivity contribution in [3.05, 3.63) is 48.3 Å². The molecule has 7 nitrogen and oxygen atoms in total. The molecule has 1 aromatic carbocycles. The fraction of sp³-hybridized carbons (Fsp3) is 0.0714. The first-order valence-corrected chi connectivity index (χ1v) is 6.21. The summed E-state index contributed by atoms with van der Waals surface area (Å²) < 4.78 is 7.28. The van der Waals surface area contributed by atoms with E-state index in [2.05, 4.69) is 15.2 Å². The molecule has 0 aliphatic rings. The molecule has 0 radical (unpaired) electrons. The Hall–Kier alpha value is -3.09. The Morgan fingerprint density at radius 3 is 2.90 bits per heavy atom. The van der Waals surface area contributed by atoms with Crippen LogP contribution in [0.1, 0.15) is 5.56 Å².